The molecule has 0 radical (unpaired) electrons. The minimum absolute atomic E-state index is 0.0201. The van der Waals surface area contributed by atoms with Gasteiger partial charge in [-0.1, -0.05) is 33.6 Å². The molecule has 0 unspecified atom stereocenters. The Morgan fingerprint density at radius 3 is 2.71 bits per heavy atom. The number of aromatic nitrogens is 1. The molecule has 96 valence electrons. The zero-order valence-corrected chi connectivity index (χ0v) is 11.1. The van der Waals surface area contributed by atoms with Gasteiger partial charge in [0.15, 0.2) is 0 Å². The molecule has 0 saturated carbocycles. The van der Waals surface area contributed by atoms with Gasteiger partial charge in [0, 0.05) is 18.8 Å². The standard InChI is InChI=1S/C14H23NO2/c1-4-5-6-9-17-13-7-8-15(11-12(2)3)14(16)10-13/h7-8,10,12H,4-6,9,11H2,1-3H3. The fraction of sp³-hybridized carbons (Fsp3) is 0.643. The number of hydrogen-bond donors (Lipinski definition) is 0. The average molecular weight is 237 g/mol. The second kappa shape index (κ2) is 7.15. The Kier molecular flexibility index (Phi) is 5.81. The summed E-state index contributed by atoms with van der Waals surface area (Å²) in [5.41, 5.74) is 0.0201. The number of unbranched alkanes of at least 4 members (excludes halogenated alkanes) is 2. The van der Waals surface area contributed by atoms with Gasteiger partial charge in [-0.25, -0.2) is 0 Å². The lowest BCUT2D eigenvalue weighted by atomic mass is 10.2. The molecule has 1 aromatic rings. The van der Waals surface area contributed by atoms with Crippen molar-refractivity contribution in [2.24, 2.45) is 5.92 Å². The summed E-state index contributed by atoms with van der Waals surface area (Å²) >= 11 is 0. The maximum absolute atomic E-state index is 11.7. The highest BCUT2D eigenvalue weighted by Gasteiger charge is 2.01. The molecule has 0 saturated heterocycles. The molecule has 0 atom stereocenters. The Morgan fingerprint density at radius 2 is 2.12 bits per heavy atom. The molecule has 0 bridgehead atoms. The molecule has 1 rings (SSSR count). The second-order valence-electron chi connectivity index (χ2n) is 4.80. The van der Waals surface area contributed by atoms with Crippen LogP contribution >= 0.6 is 0 Å². The third-order valence-electron chi connectivity index (χ3n) is 2.55. The number of nitrogens with zero attached hydrogens (tertiary/aromatic N) is 1. The van der Waals surface area contributed by atoms with Crippen molar-refractivity contribution < 1.29 is 4.74 Å². The zero-order chi connectivity index (χ0) is 12.7. The molecule has 0 N–H and O–H groups in total. The van der Waals surface area contributed by atoms with Crippen molar-refractivity contribution in [3.63, 3.8) is 0 Å². The van der Waals surface area contributed by atoms with Crippen LogP contribution in [0.15, 0.2) is 23.1 Å². The number of ether oxygens (including phenoxy) is 1. The van der Waals surface area contributed by atoms with E-state index in [1.54, 1.807) is 10.6 Å². The average Bonchev–Trinajstić information content (AvgIpc) is 2.27. The van der Waals surface area contributed by atoms with Crippen molar-refractivity contribution in [2.45, 2.75) is 46.6 Å². The lowest BCUT2D eigenvalue weighted by molar-refractivity contribution is 0.304. The first kappa shape index (κ1) is 13.8. The van der Waals surface area contributed by atoms with Crippen molar-refractivity contribution in [2.75, 3.05) is 6.61 Å². The summed E-state index contributed by atoms with van der Waals surface area (Å²) in [4.78, 5) is 11.7. The molecule has 0 aromatic carbocycles. The van der Waals surface area contributed by atoms with Gasteiger partial charge in [-0.05, 0) is 18.4 Å². The predicted octanol–water partition coefficient (Wildman–Crippen LogP) is 3.07. The van der Waals surface area contributed by atoms with Crippen LogP contribution in [-0.2, 0) is 6.54 Å². The smallest absolute Gasteiger partial charge is 0.254 e. The van der Waals surface area contributed by atoms with Gasteiger partial charge in [0.2, 0.25) is 0 Å². The molecule has 0 aliphatic heterocycles. The molecule has 0 spiro atoms. The monoisotopic (exact) mass is 237 g/mol. The van der Waals surface area contributed by atoms with Gasteiger partial charge in [-0.3, -0.25) is 4.79 Å². The first-order valence-electron chi connectivity index (χ1n) is 6.46. The van der Waals surface area contributed by atoms with E-state index in [0.29, 0.717) is 18.3 Å². The number of rotatable bonds is 7. The Balaban J connectivity index is 2.53. The summed E-state index contributed by atoms with van der Waals surface area (Å²) in [5.74, 6) is 1.16. The van der Waals surface area contributed by atoms with Crippen molar-refractivity contribution in [3.8, 4) is 5.75 Å². The SMILES string of the molecule is CCCCCOc1ccn(CC(C)C)c(=O)c1. The predicted molar refractivity (Wildman–Crippen MR) is 70.6 cm³/mol. The van der Waals surface area contributed by atoms with Gasteiger partial charge in [0.25, 0.3) is 5.56 Å². The van der Waals surface area contributed by atoms with Crippen LogP contribution in [0.4, 0.5) is 0 Å². The first-order valence-corrected chi connectivity index (χ1v) is 6.46. The zero-order valence-electron chi connectivity index (χ0n) is 11.1. The lowest BCUT2D eigenvalue weighted by Gasteiger charge is -2.10. The van der Waals surface area contributed by atoms with Gasteiger partial charge in [-0.15, -0.1) is 0 Å². The van der Waals surface area contributed by atoms with Crippen LogP contribution in [0, 0.1) is 5.92 Å². The van der Waals surface area contributed by atoms with E-state index in [1.165, 1.54) is 12.8 Å². The van der Waals surface area contributed by atoms with Gasteiger partial charge in [0.1, 0.15) is 5.75 Å². The summed E-state index contributed by atoms with van der Waals surface area (Å²) in [5, 5.41) is 0. The molecule has 1 heterocycles. The second-order valence-corrected chi connectivity index (χ2v) is 4.80. The number of pyridine rings is 1. The minimum Gasteiger partial charge on any atom is -0.493 e. The third kappa shape index (κ3) is 5.07. The molecule has 0 amide bonds. The summed E-state index contributed by atoms with van der Waals surface area (Å²) in [6, 6.07) is 3.45. The highest BCUT2D eigenvalue weighted by atomic mass is 16.5. The van der Waals surface area contributed by atoms with Crippen LogP contribution in [0.2, 0.25) is 0 Å². The van der Waals surface area contributed by atoms with Gasteiger partial charge < -0.3 is 9.30 Å². The van der Waals surface area contributed by atoms with Crippen LogP contribution in [0.1, 0.15) is 40.0 Å². The molecule has 0 aliphatic rings. The maximum atomic E-state index is 11.7. The van der Waals surface area contributed by atoms with Crippen molar-refractivity contribution >= 4 is 0 Å². The van der Waals surface area contributed by atoms with E-state index in [1.807, 2.05) is 12.3 Å². The summed E-state index contributed by atoms with van der Waals surface area (Å²) in [6.07, 6.45) is 5.22. The van der Waals surface area contributed by atoms with E-state index >= 15 is 0 Å². The summed E-state index contributed by atoms with van der Waals surface area (Å²) in [7, 11) is 0. The topological polar surface area (TPSA) is 31.2 Å². The highest BCUT2D eigenvalue weighted by molar-refractivity contribution is 5.17. The van der Waals surface area contributed by atoms with Crippen LogP contribution < -0.4 is 10.3 Å². The van der Waals surface area contributed by atoms with E-state index in [-0.39, 0.29) is 5.56 Å². The first-order chi connectivity index (χ1) is 8.13. The molecular formula is C14H23NO2. The van der Waals surface area contributed by atoms with Crippen molar-refractivity contribution in [1.29, 1.82) is 0 Å². The van der Waals surface area contributed by atoms with E-state index in [2.05, 4.69) is 20.8 Å². The van der Waals surface area contributed by atoms with Crippen LogP contribution in [0.25, 0.3) is 0 Å². The van der Waals surface area contributed by atoms with Crippen LogP contribution in [0.5, 0.6) is 5.75 Å². The molecule has 0 fully saturated rings. The molecule has 17 heavy (non-hydrogen) atoms. The summed E-state index contributed by atoms with van der Waals surface area (Å²) in [6.45, 7) is 7.81. The normalized spacial score (nSPS) is 10.8. The Labute approximate surface area is 103 Å². The van der Waals surface area contributed by atoms with E-state index in [0.717, 1.165) is 13.0 Å². The Bertz CT molecular complexity index is 382. The Hall–Kier alpha value is -1.25. The van der Waals surface area contributed by atoms with E-state index < -0.39 is 0 Å². The van der Waals surface area contributed by atoms with Crippen molar-refractivity contribution in [1.82, 2.24) is 4.57 Å². The van der Waals surface area contributed by atoms with Crippen LogP contribution in [-0.4, -0.2) is 11.2 Å². The van der Waals surface area contributed by atoms with E-state index in [9.17, 15) is 4.79 Å². The largest absolute Gasteiger partial charge is 0.493 e. The Morgan fingerprint density at radius 1 is 1.35 bits per heavy atom. The molecule has 3 nitrogen and oxygen atoms in total. The fourth-order valence-electron chi connectivity index (χ4n) is 1.67. The highest BCUT2D eigenvalue weighted by Crippen LogP contribution is 2.08. The molecular weight excluding hydrogens is 214 g/mol. The molecule has 1 aromatic heterocycles. The lowest BCUT2D eigenvalue weighted by Crippen LogP contribution is -2.21. The fourth-order valence-corrected chi connectivity index (χ4v) is 1.67. The quantitative estimate of drug-likeness (QED) is 0.682. The van der Waals surface area contributed by atoms with Crippen LogP contribution in [0.3, 0.4) is 0 Å². The number of hydrogen-bond acceptors (Lipinski definition) is 2. The maximum Gasteiger partial charge on any atom is 0.254 e. The van der Waals surface area contributed by atoms with Gasteiger partial charge >= 0.3 is 0 Å². The molecule has 3 heteroatoms. The minimum atomic E-state index is 0.0201. The van der Waals surface area contributed by atoms with Crippen molar-refractivity contribution in [3.05, 3.63) is 28.7 Å². The molecule has 0 aliphatic carbocycles. The van der Waals surface area contributed by atoms with Gasteiger partial charge in [-0.2, -0.15) is 0 Å². The summed E-state index contributed by atoms with van der Waals surface area (Å²) < 4.78 is 7.26. The third-order valence-corrected chi connectivity index (χ3v) is 2.55. The van der Waals surface area contributed by atoms with Gasteiger partial charge in [0.05, 0.1) is 6.61 Å². The van der Waals surface area contributed by atoms with E-state index in [4.69, 9.17) is 4.74 Å².